The Hall–Kier alpha value is -3.04. The molecule has 38 heavy (non-hydrogen) atoms. The predicted octanol–water partition coefficient (Wildman–Crippen LogP) is 3.69. The first-order valence-corrected chi connectivity index (χ1v) is 13.6. The third-order valence-corrected chi connectivity index (χ3v) is 7.26. The van der Waals surface area contributed by atoms with Gasteiger partial charge in [-0.1, -0.05) is 25.4 Å². The number of aromatic nitrogens is 2. The SMILES string of the molecule is CC(C)c1c(Cl)cc(O)cc1N1CCc2c(nc(O[C@H](C)CN(C)C)nc2N2CCN(C=CC=O)CC2)C1. The molecule has 2 aliphatic rings. The number of allylic oxidation sites excluding steroid dienone is 1. The number of likely N-dealkylation sites (N-methyl/N-ethyl adjacent to an activating group) is 1. The minimum absolute atomic E-state index is 0.0710. The Labute approximate surface area is 230 Å². The lowest BCUT2D eigenvalue weighted by molar-refractivity contribution is -0.104. The van der Waals surface area contributed by atoms with Crippen LogP contribution in [0.5, 0.6) is 11.8 Å². The van der Waals surface area contributed by atoms with Crippen LogP contribution in [-0.2, 0) is 17.8 Å². The van der Waals surface area contributed by atoms with Crippen molar-refractivity contribution in [3.05, 3.63) is 46.3 Å². The summed E-state index contributed by atoms with van der Waals surface area (Å²) >= 11 is 6.57. The molecular weight excluding hydrogens is 504 g/mol. The maximum absolute atomic E-state index is 10.7. The number of aldehydes is 1. The smallest absolute Gasteiger partial charge is 0.318 e. The van der Waals surface area contributed by atoms with Crippen LogP contribution in [0.4, 0.5) is 11.5 Å². The van der Waals surface area contributed by atoms with Gasteiger partial charge in [-0.15, -0.1) is 0 Å². The number of aromatic hydroxyl groups is 1. The maximum atomic E-state index is 10.7. The molecule has 1 fully saturated rings. The first-order chi connectivity index (χ1) is 18.2. The number of hydrogen-bond acceptors (Lipinski definition) is 9. The number of fused-ring (bicyclic) bond motifs is 1. The molecule has 1 N–H and O–H groups in total. The van der Waals surface area contributed by atoms with Crippen LogP contribution >= 0.6 is 11.6 Å². The summed E-state index contributed by atoms with van der Waals surface area (Å²) in [5.41, 5.74) is 4.04. The fourth-order valence-electron chi connectivity index (χ4n) is 5.30. The van der Waals surface area contributed by atoms with Gasteiger partial charge in [0.1, 0.15) is 24.0 Å². The van der Waals surface area contributed by atoms with Gasteiger partial charge in [0.15, 0.2) is 0 Å². The number of phenolic OH excluding ortho intramolecular Hbond substituents is 1. The minimum atomic E-state index is -0.0710. The highest BCUT2D eigenvalue weighted by Gasteiger charge is 2.29. The van der Waals surface area contributed by atoms with Crippen molar-refractivity contribution in [2.45, 2.75) is 45.8 Å². The van der Waals surface area contributed by atoms with Crippen molar-refractivity contribution in [3.63, 3.8) is 0 Å². The summed E-state index contributed by atoms with van der Waals surface area (Å²) in [6.45, 7) is 11.5. The molecule has 206 valence electrons. The normalized spacial score (nSPS) is 16.9. The molecule has 0 amide bonds. The molecule has 2 aliphatic heterocycles. The Balaban J connectivity index is 1.67. The molecule has 3 heterocycles. The Kier molecular flexibility index (Phi) is 8.99. The van der Waals surface area contributed by atoms with Gasteiger partial charge in [0.25, 0.3) is 0 Å². The summed E-state index contributed by atoms with van der Waals surface area (Å²) in [5, 5.41) is 10.9. The van der Waals surface area contributed by atoms with Gasteiger partial charge < -0.3 is 29.4 Å². The summed E-state index contributed by atoms with van der Waals surface area (Å²) in [5.74, 6) is 1.29. The fourth-order valence-corrected chi connectivity index (χ4v) is 5.73. The van der Waals surface area contributed by atoms with E-state index in [-0.39, 0.29) is 17.8 Å². The van der Waals surface area contributed by atoms with E-state index in [1.54, 1.807) is 12.1 Å². The summed E-state index contributed by atoms with van der Waals surface area (Å²) in [7, 11) is 4.03. The summed E-state index contributed by atoms with van der Waals surface area (Å²) in [6, 6.07) is 3.80. The van der Waals surface area contributed by atoms with Crippen molar-refractivity contribution in [2.24, 2.45) is 0 Å². The average molecular weight is 543 g/mol. The zero-order valence-corrected chi connectivity index (χ0v) is 23.8. The van der Waals surface area contributed by atoms with E-state index in [0.717, 1.165) is 80.3 Å². The Morgan fingerprint density at radius 1 is 1.11 bits per heavy atom. The van der Waals surface area contributed by atoms with Crippen LogP contribution in [0.3, 0.4) is 0 Å². The molecule has 9 nitrogen and oxygen atoms in total. The van der Waals surface area contributed by atoms with Crippen molar-refractivity contribution in [1.29, 1.82) is 0 Å². The Bertz CT molecular complexity index is 1160. The molecule has 1 atom stereocenters. The highest BCUT2D eigenvalue weighted by atomic mass is 35.5. The number of carbonyl (C=O) groups is 1. The molecular formula is C28H39ClN6O3. The van der Waals surface area contributed by atoms with Crippen LogP contribution in [0.2, 0.25) is 5.02 Å². The van der Waals surface area contributed by atoms with Crippen molar-refractivity contribution < 1.29 is 14.6 Å². The Morgan fingerprint density at radius 2 is 1.84 bits per heavy atom. The molecule has 10 heteroatoms. The highest BCUT2D eigenvalue weighted by molar-refractivity contribution is 6.32. The quantitative estimate of drug-likeness (QED) is 0.376. The number of phenols is 1. The monoisotopic (exact) mass is 542 g/mol. The zero-order valence-electron chi connectivity index (χ0n) is 23.0. The molecule has 1 aromatic heterocycles. The van der Waals surface area contributed by atoms with Crippen molar-refractivity contribution >= 4 is 29.4 Å². The fraction of sp³-hybridized carbons (Fsp3) is 0.536. The van der Waals surface area contributed by atoms with E-state index in [2.05, 4.69) is 33.4 Å². The second kappa shape index (κ2) is 12.2. The first-order valence-electron chi connectivity index (χ1n) is 13.3. The van der Waals surface area contributed by atoms with Gasteiger partial charge in [0, 0.05) is 67.8 Å². The van der Waals surface area contributed by atoms with Crippen molar-refractivity contribution in [3.8, 4) is 11.8 Å². The molecule has 0 unspecified atom stereocenters. The molecule has 2 aromatic rings. The number of benzene rings is 1. The van der Waals surface area contributed by atoms with Crippen LogP contribution in [0.1, 0.15) is 43.5 Å². The molecule has 1 aromatic carbocycles. The molecule has 0 spiro atoms. The van der Waals surface area contributed by atoms with E-state index in [1.165, 1.54) is 6.08 Å². The number of carbonyl (C=O) groups excluding carboxylic acids is 1. The number of halogens is 1. The van der Waals surface area contributed by atoms with Crippen LogP contribution in [0, 0.1) is 0 Å². The number of ether oxygens (including phenoxy) is 1. The molecule has 0 radical (unpaired) electrons. The van der Waals surface area contributed by atoms with Crippen LogP contribution < -0.4 is 14.5 Å². The molecule has 0 saturated carbocycles. The van der Waals surface area contributed by atoms with E-state index in [0.29, 0.717) is 17.6 Å². The molecule has 4 rings (SSSR count). The third kappa shape index (κ3) is 6.50. The number of hydrogen-bond donors (Lipinski definition) is 1. The lowest BCUT2D eigenvalue weighted by Gasteiger charge is -2.38. The summed E-state index contributed by atoms with van der Waals surface area (Å²) in [4.78, 5) is 29.3. The predicted molar refractivity (Wildman–Crippen MR) is 152 cm³/mol. The number of rotatable bonds is 9. The molecule has 0 bridgehead atoms. The largest absolute Gasteiger partial charge is 0.508 e. The Morgan fingerprint density at radius 3 is 2.50 bits per heavy atom. The van der Waals surface area contributed by atoms with Gasteiger partial charge >= 0.3 is 6.01 Å². The molecule has 0 aliphatic carbocycles. The van der Waals surface area contributed by atoms with Crippen LogP contribution in [0.25, 0.3) is 0 Å². The van der Waals surface area contributed by atoms with Crippen LogP contribution in [-0.4, -0.2) is 90.6 Å². The average Bonchev–Trinajstić information content (AvgIpc) is 2.85. The van der Waals surface area contributed by atoms with E-state index in [4.69, 9.17) is 26.3 Å². The minimum Gasteiger partial charge on any atom is -0.508 e. The van der Waals surface area contributed by atoms with Gasteiger partial charge in [0.05, 0.1) is 12.2 Å². The first kappa shape index (κ1) is 28.0. The van der Waals surface area contributed by atoms with Gasteiger partial charge in [-0.05, 0) is 51.1 Å². The second-order valence-corrected chi connectivity index (χ2v) is 11.0. The van der Waals surface area contributed by atoms with Crippen molar-refractivity contribution in [2.75, 3.05) is 63.2 Å². The number of nitrogens with zero attached hydrogens (tertiary/aromatic N) is 6. The van der Waals surface area contributed by atoms with E-state index < -0.39 is 0 Å². The number of anilines is 2. The van der Waals surface area contributed by atoms with Gasteiger partial charge in [0.2, 0.25) is 0 Å². The topological polar surface area (TPSA) is 85.3 Å². The lowest BCUT2D eigenvalue weighted by Crippen LogP contribution is -2.45. The second-order valence-electron chi connectivity index (χ2n) is 10.6. The van der Waals surface area contributed by atoms with Crippen molar-refractivity contribution in [1.82, 2.24) is 19.8 Å². The lowest BCUT2D eigenvalue weighted by atomic mass is 9.97. The molecule has 1 saturated heterocycles. The standard InChI is InChI=1S/C28H39ClN6O3/c1-19(2)26-23(29)15-21(37)16-25(26)35-9-7-22-24(18-35)30-28(38-20(3)17-32(4)5)31-27(22)34-12-10-33(11-13-34)8-6-14-36/h6,8,14-16,19-20,37H,7,9-13,17-18H2,1-5H3/t20-/m1/s1. The van der Waals surface area contributed by atoms with E-state index in [1.807, 2.05) is 27.2 Å². The van der Waals surface area contributed by atoms with Gasteiger partial charge in [-0.2, -0.15) is 9.97 Å². The highest BCUT2D eigenvalue weighted by Crippen LogP contribution is 2.40. The van der Waals surface area contributed by atoms with E-state index >= 15 is 0 Å². The van der Waals surface area contributed by atoms with Gasteiger partial charge in [-0.3, -0.25) is 4.79 Å². The summed E-state index contributed by atoms with van der Waals surface area (Å²) < 4.78 is 6.21. The zero-order chi connectivity index (χ0) is 27.4. The summed E-state index contributed by atoms with van der Waals surface area (Å²) in [6.07, 6.45) is 4.89. The number of piperazine rings is 1. The van der Waals surface area contributed by atoms with E-state index in [9.17, 15) is 9.90 Å². The van der Waals surface area contributed by atoms with Crippen LogP contribution in [0.15, 0.2) is 24.4 Å². The maximum Gasteiger partial charge on any atom is 0.318 e. The van der Waals surface area contributed by atoms with Gasteiger partial charge in [-0.25, -0.2) is 0 Å². The third-order valence-electron chi connectivity index (χ3n) is 6.95.